The highest BCUT2D eigenvalue weighted by Gasteiger charge is 2.70. The first kappa shape index (κ1) is 30.2. The molecule has 5 N–H and O–H groups in total. The SMILES string of the molecule is CC[C@]1(O)C(O)C[C@H](C)[C@@]2(C)C(=O)[C@H](C)C3=C(C)C(OC(=O)C(O)C(C)NC)CC(O)(C(C)C12)C3(C)C. The van der Waals surface area contributed by atoms with Crippen LogP contribution in [0, 0.1) is 34.5 Å². The molecule has 0 spiro atoms. The van der Waals surface area contributed by atoms with E-state index in [1.165, 1.54) is 0 Å². The summed E-state index contributed by atoms with van der Waals surface area (Å²) in [5, 5.41) is 49.0. The van der Waals surface area contributed by atoms with Gasteiger partial charge in [0.05, 0.1) is 17.3 Å². The third kappa shape index (κ3) is 4.05. The maximum absolute atomic E-state index is 14.5. The topological polar surface area (TPSA) is 136 Å². The number of ketones is 1. The number of carbonyl (C=O) groups is 2. The van der Waals surface area contributed by atoms with Crippen LogP contribution in [0.2, 0.25) is 0 Å². The standard InChI is InChI=1S/C29H49NO7/c1-11-28(35)20(31)12-14(2)27(9)23(28)17(5)29(36)13-19(37-25(34)22(32)18(6)30-10)15(3)21(26(29,7)8)16(4)24(27)33/h14,16-20,22-23,30-32,35-36H,11-13H2,1-10H3/t14-,16+,17?,18?,19?,20?,22?,23?,27+,28-,29?/m0/s1. The molecule has 2 fully saturated rings. The highest BCUT2D eigenvalue weighted by molar-refractivity contribution is 5.90. The minimum atomic E-state index is -1.57. The van der Waals surface area contributed by atoms with Crippen molar-refractivity contribution in [3.63, 3.8) is 0 Å². The van der Waals surface area contributed by atoms with Crippen molar-refractivity contribution in [2.24, 2.45) is 34.5 Å². The van der Waals surface area contributed by atoms with Gasteiger partial charge in [0.15, 0.2) is 6.10 Å². The van der Waals surface area contributed by atoms with Crippen molar-refractivity contribution in [2.75, 3.05) is 7.05 Å². The number of fused-ring (bicyclic) bond motifs is 3. The van der Waals surface area contributed by atoms with E-state index in [9.17, 15) is 30.0 Å². The number of ether oxygens (including phenoxy) is 1. The Hall–Kier alpha value is -1.32. The van der Waals surface area contributed by atoms with Crippen LogP contribution in [0.15, 0.2) is 11.1 Å². The highest BCUT2D eigenvalue weighted by atomic mass is 16.6. The van der Waals surface area contributed by atoms with Crippen LogP contribution in [0.25, 0.3) is 0 Å². The molecule has 3 rings (SSSR count). The lowest BCUT2D eigenvalue weighted by atomic mass is 9.41. The van der Waals surface area contributed by atoms with Gasteiger partial charge in [-0.25, -0.2) is 4.79 Å². The van der Waals surface area contributed by atoms with Gasteiger partial charge >= 0.3 is 5.97 Å². The second-order valence-corrected chi connectivity index (χ2v) is 12.9. The first-order valence-electron chi connectivity index (χ1n) is 13.8. The summed E-state index contributed by atoms with van der Waals surface area (Å²) < 4.78 is 5.82. The molecule has 212 valence electrons. The molecule has 0 aromatic carbocycles. The van der Waals surface area contributed by atoms with Gasteiger partial charge in [0.2, 0.25) is 0 Å². The normalized spacial score (nSPS) is 45.4. The molecule has 11 atom stereocenters. The summed E-state index contributed by atoms with van der Waals surface area (Å²) in [6.45, 7) is 16.7. The molecular weight excluding hydrogens is 474 g/mol. The van der Waals surface area contributed by atoms with Crippen LogP contribution in [0.3, 0.4) is 0 Å². The zero-order valence-electron chi connectivity index (χ0n) is 24.3. The number of nitrogens with one attached hydrogen (secondary N) is 1. The number of hydrogen-bond donors (Lipinski definition) is 5. The van der Waals surface area contributed by atoms with Gasteiger partial charge in [0, 0.05) is 35.1 Å². The van der Waals surface area contributed by atoms with Gasteiger partial charge in [-0.3, -0.25) is 4.79 Å². The largest absolute Gasteiger partial charge is 0.456 e. The molecule has 8 heteroatoms. The fourth-order valence-corrected chi connectivity index (χ4v) is 8.42. The Morgan fingerprint density at radius 1 is 1.19 bits per heavy atom. The Morgan fingerprint density at radius 3 is 2.27 bits per heavy atom. The predicted molar refractivity (Wildman–Crippen MR) is 140 cm³/mol. The van der Waals surface area contributed by atoms with E-state index >= 15 is 0 Å². The molecule has 0 saturated heterocycles. The van der Waals surface area contributed by atoms with Crippen LogP contribution in [-0.2, 0) is 14.3 Å². The van der Waals surface area contributed by atoms with E-state index in [1.54, 1.807) is 20.9 Å². The molecule has 0 radical (unpaired) electrons. The van der Waals surface area contributed by atoms with Crippen LogP contribution < -0.4 is 5.32 Å². The van der Waals surface area contributed by atoms with E-state index in [2.05, 4.69) is 5.32 Å². The van der Waals surface area contributed by atoms with Gasteiger partial charge in [0.1, 0.15) is 11.9 Å². The lowest BCUT2D eigenvalue weighted by Gasteiger charge is -2.65. The second kappa shape index (κ2) is 9.70. The van der Waals surface area contributed by atoms with Crippen LogP contribution in [0.1, 0.15) is 81.6 Å². The van der Waals surface area contributed by atoms with Crippen LogP contribution in [0.5, 0.6) is 0 Å². The number of esters is 1. The Balaban J connectivity index is 2.25. The smallest absolute Gasteiger partial charge is 0.337 e. The lowest BCUT2D eigenvalue weighted by Crippen LogP contribution is -2.72. The Bertz CT molecular complexity index is 962. The number of hydrogen-bond acceptors (Lipinski definition) is 8. The molecule has 0 heterocycles. The zero-order chi connectivity index (χ0) is 28.5. The molecule has 7 unspecified atom stereocenters. The molecule has 3 aliphatic rings. The second-order valence-electron chi connectivity index (χ2n) is 12.9. The van der Waals surface area contributed by atoms with Crippen molar-refractivity contribution in [2.45, 2.75) is 117 Å². The van der Waals surface area contributed by atoms with Crippen molar-refractivity contribution < 1.29 is 34.8 Å². The number of carbonyl (C=O) groups excluding carboxylic acids is 2. The summed E-state index contributed by atoms with van der Waals surface area (Å²) in [5.41, 5.74) is -3.46. The first-order chi connectivity index (χ1) is 16.9. The summed E-state index contributed by atoms with van der Waals surface area (Å²) >= 11 is 0. The maximum Gasteiger partial charge on any atom is 0.337 e. The lowest BCUT2D eigenvalue weighted by molar-refractivity contribution is -0.251. The third-order valence-corrected chi connectivity index (χ3v) is 11.1. The van der Waals surface area contributed by atoms with Gasteiger partial charge in [-0.05, 0) is 56.7 Å². The van der Waals surface area contributed by atoms with E-state index in [0.717, 1.165) is 11.1 Å². The molecule has 0 aromatic heterocycles. The first-order valence-corrected chi connectivity index (χ1v) is 13.8. The van der Waals surface area contributed by atoms with Gasteiger partial charge in [-0.15, -0.1) is 0 Å². The van der Waals surface area contributed by atoms with Gasteiger partial charge in [-0.2, -0.15) is 0 Å². The molecule has 8 nitrogen and oxygen atoms in total. The number of aliphatic hydroxyl groups excluding tert-OH is 2. The monoisotopic (exact) mass is 523 g/mol. The molecule has 37 heavy (non-hydrogen) atoms. The molecule has 3 aliphatic carbocycles. The fraction of sp³-hybridized carbons (Fsp3) is 0.862. The van der Waals surface area contributed by atoms with Crippen molar-refractivity contribution in [3.05, 3.63) is 11.1 Å². The Labute approximate surface area is 221 Å². The van der Waals surface area contributed by atoms with Gasteiger partial charge in [0.25, 0.3) is 0 Å². The van der Waals surface area contributed by atoms with Crippen molar-refractivity contribution in [1.82, 2.24) is 5.32 Å². The van der Waals surface area contributed by atoms with Crippen molar-refractivity contribution in [3.8, 4) is 0 Å². The minimum absolute atomic E-state index is 0.0316. The third-order valence-electron chi connectivity index (χ3n) is 11.1. The summed E-state index contributed by atoms with van der Waals surface area (Å²) in [6.07, 6.45) is -2.68. The van der Waals surface area contributed by atoms with E-state index in [-0.39, 0.29) is 24.5 Å². The minimum Gasteiger partial charge on any atom is -0.456 e. The molecule has 0 amide bonds. The number of aliphatic hydroxyl groups is 4. The zero-order valence-corrected chi connectivity index (χ0v) is 24.3. The summed E-state index contributed by atoms with van der Waals surface area (Å²) in [6, 6.07) is -0.529. The van der Waals surface area contributed by atoms with Crippen molar-refractivity contribution >= 4 is 11.8 Å². The Morgan fingerprint density at radius 2 is 1.76 bits per heavy atom. The van der Waals surface area contributed by atoms with Crippen LogP contribution in [-0.4, -0.2) is 74.8 Å². The van der Waals surface area contributed by atoms with Gasteiger partial charge < -0.3 is 30.5 Å². The summed E-state index contributed by atoms with van der Waals surface area (Å²) in [4.78, 5) is 27.3. The predicted octanol–water partition coefficient (Wildman–Crippen LogP) is 2.36. The molecule has 2 saturated carbocycles. The number of Topliss-reactive ketones (excluding diaryl/α,β-unsaturated/α-hetero) is 1. The average Bonchev–Trinajstić information content (AvgIpc) is 2.83. The molecule has 0 aliphatic heterocycles. The van der Waals surface area contributed by atoms with Gasteiger partial charge in [-0.1, -0.05) is 48.5 Å². The number of likely N-dealkylation sites (N-methyl/N-ethyl adjacent to an activating group) is 1. The highest BCUT2D eigenvalue weighted by Crippen LogP contribution is 2.65. The Kier molecular flexibility index (Phi) is 7.92. The van der Waals surface area contributed by atoms with E-state index in [0.29, 0.717) is 6.42 Å². The molecular formula is C29H49NO7. The average molecular weight is 524 g/mol. The van der Waals surface area contributed by atoms with Crippen LogP contribution >= 0.6 is 0 Å². The van der Waals surface area contributed by atoms with E-state index in [4.69, 9.17) is 4.74 Å². The summed E-state index contributed by atoms with van der Waals surface area (Å²) in [5.74, 6) is -3.01. The molecule has 0 aromatic rings. The van der Waals surface area contributed by atoms with Crippen molar-refractivity contribution in [1.29, 1.82) is 0 Å². The van der Waals surface area contributed by atoms with E-state index in [1.807, 2.05) is 48.5 Å². The fourth-order valence-electron chi connectivity index (χ4n) is 8.42. The quantitative estimate of drug-likeness (QED) is 0.274. The van der Waals surface area contributed by atoms with E-state index < -0.39 is 70.1 Å². The number of rotatable bonds is 5. The maximum atomic E-state index is 14.5. The molecule has 2 bridgehead atoms. The summed E-state index contributed by atoms with van der Waals surface area (Å²) in [7, 11) is 1.64. The van der Waals surface area contributed by atoms with Crippen LogP contribution in [0.4, 0.5) is 0 Å².